The van der Waals surface area contributed by atoms with Gasteiger partial charge in [-0.05, 0) is 49.5 Å². The van der Waals surface area contributed by atoms with Crippen molar-refractivity contribution in [2.45, 2.75) is 12.6 Å². The van der Waals surface area contributed by atoms with E-state index in [0.29, 0.717) is 16.6 Å². The van der Waals surface area contributed by atoms with Crippen molar-refractivity contribution in [3.05, 3.63) is 63.6 Å². The average Bonchev–Trinajstić information content (AvgIpc) is 2.53. The Bertz CT molecular complexity index is 629. The molecule has 1 atom stereocenters. The second kappa shape index (κ2) is 8.55. The number of nitrogens with one attached hydrogen (secondary N) is 1. The van der Waals surface area contributed by atoms with Gasteiger partial charge in [-0.3, -0.25) is 0 Å². The zero-order valence-electron chi connectivity index (χ0n) is 13.6. The van der Waals surface area contributed by atoms with Gasteiger partial charge in [-0.2, -0.15) is 0 Å². The van der Waals surface area contributed by atoms with Crippen LogP contribution in [0.3, 0.4) is 0 Å². The highest BCUT2D eigenvalue weighted by Crippen LogP contribution is 2.23. The number of ether oxygens (including phenoxy) is 1. The molecule has 0 radical (unpaired) electrons. The summed E-state index contributed by atoms with van der Waals surface area (Å²) in [6.45, 7) is 1.52. The molecule has 0 spiro atoms. The largest absolute Gasteiger partial charge is 0.497 e. The van der Waals surface area contributed by atoms with Crippen LogP contribution in [0.2, 0.25) is 10.0 Å². The van der Waals surface area contributed by atoms with Gasteiger partial charge in [-0.1, -0.05) is 41.4 Å². The van der Waals surface area contributed by atoms with E-state index in [1.807, 2.05) is 24.3 Å². The van der Waals surface area contributed by atoms with Crippen LogP contribution in [0.5, 0.6) is 5.75 Å². The predicted molar refractivity (Wildman–Crippen MR) is 97.6 cm³/mol. The molecule has 1 unspecified atom stereocenters. The Balaban J connectivity index is 1.99. The number of benzene rings is 2. The summed E-state index contributed by atoms with van der Waals surface area (Å²) in [6.07, 6.45) is 0. The van der Waals surface area contributed by atoms with Crippen LogP contribution >= 0.6 is 23.2 Å². The lowest BCUT2D eigenvalue weighted by atomic mass is 10.1. The first-order valence-electron chi connectivity index (χ1n) is 7.46. The molecular formula is C18H22Cl2N2O. The molecule has 0 bridgehead atoms. The first-order valence-corrected chi connectivity index (χ1v) is 8.22. The van der Waals surface area contributed by atoms with Gasteiger partial charge >= 0.3 is 0 Å². The Morgan fingerprint density at radius 3 is 2.35 bits per heavy atom. The summed E-state index contributed by atoms with van der Waals surface area (Å²) in [6, 6.07) is 14.0. The second-order valence-electron chi connectivity index (χ2n) is 5.62. The molecule has 2 aromatic rings. The SMILES string of the molecule is COc1ccc(C(CNCc2ccc(Cl)cc2Cl)N(C)C)cc1. The van der Waals surface area contributed by atoms with E-state index in [-0.39, 0.29) is 6.04 Å². The summed E-state index contributed by atoms with van der Waals surface area (Å²) < 4.78 is 5.22. The maximum atomic E-state index is 6.21. The minimum atomic E-state index is 0.270. The van der Waals surface area contributed by atoms with E-state index in [1.54, 1.807) is 13.2 Å². The highest BCUT2D eigenvalue weighted by Gasteiger charge is 2.14. The van der Waals surface area contributed by atoms with Gasteiger partial charge in [0.25, 0.3) is 0 Å². The van der Waals surface area contributed by atoms with Crippen molar-refractivity contribution in [1.29, 1.82) is 0 Å². The van der Waals surface area contributed by atoms with E-state index in [0.717, 1.165) is 17.9 Å². The molecule has 0 aliphatic carbocycles. The Hall–Kier alpha value is -1.26. The van der Waals surface area contributed by atoms with E-state index in [9.17, 15) is 0 Å². The molecule has 3 nitrogen and oxygen atoms in total. The molecule has 0 heterocycles. The number of halogens is 2. The molecule has 5 heteroatoms. The second-order valence-corrected chi connectivity index (χ2v) is 6.46. The molecule has 0 aliphatic rings. The molecule has 0 aromatic heterocycles. The third-order valence-corrected chi connectivity index (χ3v) is 4.38. The Kier molecular flexibility index (Phi) is 6.72. The lowest BCUT2D eigenvalue weighted by Gasteiger charge is -2.25. The van der Waals surface area contributed by atoms with Crippen LogP contribution < -0.4 is 10.1 Å². The third-order valence-electron chi connectivity index (χ3n) is 3.79. The van der Waals surface area contributed by atoms with Crippen LogP contribution in [-0.4, -0.2) is 32.6 Å². The van der Waals surface area contributed by atoms with E-state index >= 15 is 0 Å². The van der Waals surface area contributed by atoms with Crippen LogP contribution in [0.25, 0.3) is 0 Å². The van der Waals surface area contributed by atoms with Gasteiger partial charge in [0.2, 0.25) is 0 Å². The molecule has 23 heavy (non-hydrogen) atoms. The number of methoxy groups -OCH3 is 1. The topological polar surface area (TPSA) is 24.5 Å². The molecule has 0 saturated carbocycles. The fraction of sp³-hybridized carbons (Fsp3) is 0.333. The van der Waals surface area contributed by atoms with Gasteiger partial charge < -0.3 is 15.0 Å². The Labute approximate surface area is 148 Å². The van der Waals surface area contributed by atoms with Crippen molar-refractivity contribution in [1.82, 2.24) is 10.2 Å². The number of nitrogens with zero attached hydrogens (tertiary/aromatic N) is 1. The number of hydrogen-bond acceptors (Lipinski definition) is 3. The number of likely N-dealkylation sites (N-methyl/N-ethyl adjacent to an activating group) is 1. The maximum Gasteiger partial charge on any atom is 0.118 e. The molecular weight excluding hydrogens is 331 g/mol. The van der Waals surface area contributed by atoms with Crippen molar-refractivity contribution in [3.8, 4) is 5.75 Å². The van der Waals surface area contributed by atoms with Gasteiger partial charge in [-0.15, -0.1) is 0 Å². The quantitative estimate of drug-likeness (QED) is 0.799. The fourth-order valence-corrected chi connectivity index (χ4v) is 2.91. The zero-order chi connectivity index (χ0) is 16.8. The molecule has 2 aromatic carbocycles. The summed E-state index contributed by atoms with van der Waals surface area (Å²) in [5.74, 6) is 0.868. The number of rotatable bonds is 7. The van der Waals surface area contributed by atoms with Gasteiger partial charge in [0.15, 0.2) is 0 Å². The van der Waals surface area contributed by atoms with E-state index < -0.39 is 0 Å². The summed E-state index contributed by atoms with van der Waals surface area (Å²) in [7, 11) is 5.83. The third kappa shape index (κ3) is 5.11. The molecule has 0 fully saturated rings. The standard InChI is InChI=1S/C18H22Cl2N2O/c1-22(2)18(13-5-8-16(23-3)9-6-13)12-21-11-14-4-7-15(19)10-17(14)20/h4-10,18,21H,11-12H2,1-3H3. The van der Waals surface area contributed by atoms with Crippen LogP contribution in [0.15, 0.2) is 42.5 Å². The summed E-state index contributed by atoms with van der Waals surface area (Å²) in [5.41, 5.74) is 2.29. The minimum Gasteiger partial charge on any atom is -0.497 e. The Morgan fingerprint density at radius 1 is 1.09 bits per heavy atom. The van der Waals surface area contributed by atoms with Crippen LogP contribution in [0.1, 0.15) is 17.2 Å². The van der Waals surface area contributed by atoms with Crippen molar-refractivity contribution >= 4 is 23.2 Å². The van der Waals surface area contributed by atoms with Crippen LogP contribution in [-0.2, 0) is 6.54 Å². The molecule has 1 N–H and O–H groups in total. The lowest BCUT2D eigenvalue weighted by molar-refractivity contribution is 0.288. The van der Waals surface area contributed by atoms with Gasteiger partial charge in [-0.25, -0.2) is 0 Å². The molecule has 2 rings (SSSR count). The van der Waals surface area contributed by atoms with E-state index in [1.165, 1.54) is 5.56 Å². The van der Waals surface area contributed by atoms with Crippen molar-refractivity contribution in [2.75, 3.05) is 27.7 Å². The predicted octanol–water partition coefficient (Wildman–Crippen LogP) is 4.39. The fourth-order valence-electron chi connectivity index (χ4n) is 2.43. The van der Waals surface area contributed by atoms with Crippen molar-refractivity contribution in [3.63, 3.8) is 0 Å². The normalized spacial score (nSPS) is 12.4. The number of hydrogen-bond donors (Lipinski definition) is 1. The van der Waals surface area contributed by atoms with E-state index in [2.05, 4.69) is 36.4 Å². The molecule has 0 aliphatic heterocycles. The van der Waals surface area contributed by atoms with Gasteiger partial charge in [0.05, 0.1) is 7.11 Å². The minimum absolute atomic E-state index is 0.270. The highest BCUT2D eigenvalue weighted by molar-refractivity contribution is 6.35. The van der Waals surface area contributed by atoms with Crippen molar-refractivity contribution in [2.24, 2.45) is 0 Å². The Morgan fingerprint density at radius 2 is 1.78 bits per heavy atom. The summed E-state index contributed by atoms with van der Waals surface area (Å²) in [5, 5.41) is 4.82. The first-order chi connectivity index (χ1) is 11.0. The van der Waals surface area contributed by atoms with Crippen LogP contribution in [0, 0.1) is 0 Å². The molecule has 124 valence electrons. The average molecular weight is 353 g/mol. The highest BCUT2D eigenvalue weighted by atomic mass is 35.5. The molecule has 0 amide bonds. The lowest BCUT2D eigenvalue weighted by Crippen LogP contribution is -2.30. The zero-order valence-corrected chi connectivity index (χ0v) is 15.2. The van der Waals surface area contributed by atoms with Gasteiger partial charge in [0.1, 0.15) is 5.75 Å². The van der Waals surface area contributed by atoms with Crippen LogP contribution in [0.4, 0.5) is 0 Å². The first kappa shape index (κ1) is 18.1. The van der Waals surface area contributed by atoms with Gasteiger partial charge in [0, 0.05) is 29.2 Å². The monoisotopic (exact) mass is 352 g/mol. The van der Waals surface area contributed by atoms with E-state index in [4.69, 9.17) is 27.9 Å². The summed E-state index contributed by atoms with van der Waals surface area (Å²) >= 11 is 12.1. The van der Waals surface area contributed by atoms with Crippen molar-refractivity contribution < 1.29 is 4.74 Å². The maximum absolute atomic E-state index is 6.21. The summed E-state index contributed by atoms with van der Waals surface area (Å²) in [4.78, 5) is 2.19. The smallest absolute Gasteiger partial charge is 0.118 e. The molecule has 0 saturated heterocycles.